The molecule has 1 atom stereocenters. The Hall–Kier alpha value is -1.52. The number of anilines is 1. The summed E-state index contributed by atoms with van der Waals surface area (Å²) >= 11 is 0. The highest BCUT2D eigenvalue weighted by atomic mass is 19.4. The molecular formula is C15H18F3NO. The topological polar surface area (TPSA) is 20.3 Å². The monoisotopic (exact) mass is 285 g/mol. The van der Waals surface area contributed by atoms with E-state index in [-0.39, 0.29) is 12.3 Å². The molecule has 1 aliphatic rings. The van der Waals surface area contributed by atoms with Gasteiger partial charge in [0.2, 0.25) is 5.91 Å². The molecule has 5 heteroatoms. The summed E-state index contributed by atoms with van der Waals surface area (Å²) in [7, 11) is 1.62. The third kappa shape index (κ3) is 2.30. The predicted molar refractivity (Wildman–Crippen MR) is 72.0 cm³/mol. The van der Waals surface area contributed by atoms with Crippen LogP contribution in [0.2, 0.25) is 0 Å². The zero-order chi connectivity index (χ0) is 15.3. The first kappa shape index (κ1) is 14.9. The van der Waals surface area contributed by atoms with E-state index < -0.39 is 18.0 Å². The van der Waals surface area contributed by atoms with E-state index in [1.807, 2.05) is 26.0 Å². The van der Waals surface area contributed by atoms with E-state index in [9.17, 15) is 18.0 Å². The molecule has 1 aromatic carbocycles. The number of fused-ring (bicyclic) bond motifs is 1. The second kappa shape index (κ2) is 4.50. The molecule has 2 rings (SSSR count). The van der Waals surface area contributed by atoms with E-state index >= 15 is 0 Å². The highest BCUT2D eigenvalue weighted by molar-refractivity contribution is 6.08. The van der Waals surface area contributed by atoms with Crippen molar-refractivity contribution in [3.63, 3.8) is 0 Å². The van der Waals surface area contributed by atoms with Crippen LogP contribution in [0.5, 0.6) is 0 Å². The van der Waals surface area contributed by atoms with E-state index in [4.69, 9.17) is 0 Å². The number of rotatable bonds is 2. The van der Waals surface area contributed by atoms with Gasteiger partial charge in [0.1, 0.15) is 0 Å². The smallest absolute Gasteiger partial charge is 0.314 e. The molecule has 0 radical (unpaired) electrons. The van der Waals surface area contributed by atoms with Crippen LogP contribution in [0.25, 0.3) is 0 Å². The number of carbonyl (C=O) groups excluding carboxylic acids is 1. The van der Waals surface area contributed by atoms with Crippen LogP contribution in [-0.2, 0) is 10.2 Å². The van der Waals surface area contributed by atoms with Crippen LogP contribution in [0.1, 0.15) is 36.5 Å². The number of alkyl halides is 3. The second-order valence-corrected chi connectivity index (χ2v) is 5.79. The molecule has 0 fully saturated rings. The summed E-state index contributed by atoms with van der Waals surface area (Å²) in [5, 5.41) is 0. The molecular weight excluding hydrogens is 267 g/mol. The summed E-state index contributed by atoms with van der Waals surface area (Å²) in [6, 6.07) is 3.77. The van der Waals surface area contributed by atoms with Gasteiger partial charge in [-0.05, 0) is 49.9 Å². The van der Waals surface area contributed by atoms with Gasteiger partial charge in [-0.2, -0.15) is 13.2 Å². The Morgan fingerprint density at radius 3 is 2.40 bits per heavy atom. The number of benzene rings is 1. The minimum Gasteiger partial charge on any atom is -0.314 e. The van der Waals surface area contributed by atoms with Gasteiger partial charge >= 0.3 is 6.18 Å². The lowest BCUT2D eigenvalue weighted by atomic mass is 9.77. The first-order valence-corrected chi connectivity index (χ1v) is 6.53. The molecule has 0 aromatic heterocycles. The van der Waals surface area contributed by atoms with E-state index in [1.165, 1.54) is 4.90 Å². The van der Waals surface area contributed by atoms with E-state index in [0.29, 0.717) is 0 Å². The Morgan fingerprint density at radius 2 is 1.85 bits per heavy atom. The van der Waals surface area contributed by atoms with Crippen LogP contribution in [-0.4, -0.2) is 19.1 Å². The molecule has 2 nitrogen and oxygen atoms in total. The van der Waals surface area contributed by atoms with Gasteiger partial charge < -0.3 is 4.90 Å². The SMILES string of the molecule is Cc1cc(C)c2c(c1)N(C)C(=O)C2(C)CCC(F)(F)F. The van der Waals surface area contributed by atoms with E-state index in [2.05, 4.69) is 0 Å². The average molecular weight is 285 g/mol. The van der Waals surface area contributed by atoms with Crippen molar-refractivity contribution in [3.05, 3.63) is 28.8 Å². The third-order valence-electron chi connectivity index (χ3n) is 4.06. The Labute approximate surface area is 116 Å². The van der Waals surface area contributed by atoms with Gasteiger partial charge in [0.05, 0.1) is 5.41 Å². The first-order chi connectivity index (χ1) is 9.06. The Kier molecular flexibility index (Phi) is 3.35. The quantitative estimate of drug-likeness (QED) is 0.807. The highest BCUT2D eigenvalue weighted by Crippen LogP contribution is 2.47. The molecule has 1 unspecified atom stereocenters. The van der Waals surface area contributed by atoms with Crippen molar-refractivity contribution in [1.82, 2.24) is 0 Å². The lowest BCUT2D eigenvalue weighted by Crippen LogP contribution is -2.37. The summed E-state index contributed by atoms with van der Waals surface area (Å²) in [6.07, 6.45) is -5.41. The van der Waals surface area contributed by atoms with Gasteiger partial charge in [-0.1, -0.05) is 6.07 Å². The number of hydrogen-bond donors (Lipinski definition) is 0. The molecule has 1 aliphatic heterocycles. The minimum absolute atomic E-state index is 0.212. The normalized spacial score (nSPS) is 22.4. The van der Waals surface area contributed by atoms with E-state index in [1.54, 1.807) is 14.0 Å². The van der Waals surface area contributed by atoms with Crippen molar-refractivity contribution in [1.29, 1.82) is 0 Å². The Balaban J connectivity index is 2.49. The van der Waals surface area contributed by atoms with Crippen LogP contribution in [0.4, 0.5) is 18.9 Å². The fourth-order valence-electron chi connectivity index (χ4n) is 3.14. The molecule has 20 heavy (non-hydrogen) atoms. The fourth-order valence-corrected chi connectivity index (χ4v) is 3.14. The van der Waals surface area contributed by atoms with Crippen LogP contribution in [0.3, 0.4) is 0 Å². The van der Waals surface area contributed by atoms with E-state index in [0.717, 1.165) is 22.4 Å². The average Bonchev–Trinajstić information content (AvgIpc) is 2.49. The minimum atomic E-state index is -4.25. The van der Waals surface area contributed by atoms with Gasteiger partial charge in [-0.25, -0.2) is 0 Å². The number of likely N-dealkylation sites (N-methyl/N-ethyl adjacent to an activating group) is 1. The van der Waals surface area contributed by atoms with Crippen molar-refractivity contribution in [2.45, 2.75) is 45.2 Å². The van der Waals surface area contributed by atoms with Crippen LogP contribution >= 0.6 is 0 Å². The number of aryl methyl sites for hydroxylation is 2. The molecule has 1 amide bonds. The molecule has 1 aromatic rings. The van der Waals surface area contributed by atoms with Crippen LogP contribution in [0.15, 0.2) is 12.1 Å². The lowest BCUT2D eigenvalue weighted by molar-refractivity contribution is -0.141. The lowest BCUT2D eigenvalue weighted by Gasteiger charge is -2.25. The summed E-state index contributed by atoms with van der Waals surface area (Å²) < 4.78 is 37.6. The van der Waals surface area contributed by atoms with Crippen molar-refractivity contribution < 1.29 is 18.0 Å². The standard InChI is InChI=1S/C15H18F3NO/c1-9-7-10(2)12-11(8-9)19(4)13(20)14(12,3)5-6-15(16,17)18/h7-8H,5-6H2,1-4H3. The Bertz CT molecular complexity index is 565. The van der Waals surface area contributed by atoms with Gasteiger partial charge in [0.15, 0.2) is 0 Å². The van der Waals surface area contributed by atoms with Gasteiger partial charge in [-0.3, -0.25) is 4.79 Å². The molecule has 0 saturated carbocycles. The maximum Gasteiger partial charge on any atom is 0.389 e. The molecule has 0 N–H and O–H groups in total. The molecule has 0 spiro atoms. The summed E-state index contributed by atoms with van der Waals surface area (Å²) in [5.74, 6) is -0.259. The van der Waals surface area contributed by atoms with Gasteiger partial charge in [0.25, 0.3) is 0 Å². The Morgan fingerprint density at radius 1 is 1.25 bits per heavy atom. The maximum absolute atomic E-state index is 12.5. The van der Waals surface area contributed by atoms with Crippen molar-refractivity contribution in [2.24, 2.45) is 0 Å². The zero-order valence-corrected chi connectivity index (χ0v) is 12.1. The molecule has 0 saturated heterocycles. The van der Waals surface area contributed by atoms with Crippen molar-refractivity contribution in [3.8, 4) is 0 Å². The zero-order valence-electron chi connectivity index (χ0n) is 12.1. The predicted octanol–water partition coefficient (Wildman–Crippen LogP) is 3.88. The fraction of sp³-hybridized carbons (Fsp3) is 0.533. The number of carbonyl (C=O) groups is 1. The summed E-state index contributed by atoms with van der Waals surface area (Å²) in [5.41, 5.74) is 2.26. The van der Waals surface area contributed by atoms with Crippen molar-refractivity contribution in [2.75, 3.05) is 11.9 Å². The highest BCUT2D eigenvalue weighted by Gasteiger charge is 2.48. The number of hydrogen-bond acceptors (Lipinski definition) is 1. The van der Waals surface area contributed by atoms with Crippen LogP contribution < -0.4 is 4.90 Å². The van der Waals surface area contributed by atoms with Crippen LogP contribution in [0, 0.1) is 13.8 Å². The maximum atomic E-state index is 12.5. The molecule has 1 heterocycles. The summed E-state index contributed by atoms with van der Waals surface area (Å²) in [6.45, 7) is 5.38. The van der Waals surface area contributed by atoms with Gasteiger partial charge in [-0.15, -0.1) is 0 Å². The van der Waals surface area contributed by atoms with Crippen molar-refractivity contribution >= 4 is 11.6 Å². The summed E-state index contributed by atoms with van der Waals surface area (Å²) in [4.78, 5) is 13.9. The number of nitrogens with zero attached hydrogens (tertiary/aromatic N) is 1. The number of halogens is 3. The molecule has 0 aliphatic carbocycles. The third-order valence-corrected chi connectivity index (χ3v) is 4.06. The van der Waals surface area contributed by atoms with Gasteiger partial charge in [0, 0.05) is 19.2 Å². The second-order valence-electron chi connectivity index (χ2n) is 5.79. The molecule has 0 bridgehead atoms. The first-order valence-electron chi connectivity index (χ1n) is 6.53. The number of amides is 1. The largest absolute Gasteiger partial charge is 0.389 e. The molecule has 110 valence electrons.